The van der Waals surface area contributed by atoms with E-state index >= 15 is 0 Å². The fourth-order valence-corrected chi connectivity index (χ4v) is 4.71. The van der Waals surface area contributed by atoms with Gasteiger partial charge in [0.15, 0.2) is 0 Å². The third-order valence-electron chi connectivity index (χ3n) is 4.88. The average molecular weight is 506 g/mol. The van der Waals surface area contributed by atoms with Crippen molar-refractivity contribution >= 4 is 31.1 Å². The second kappa shape index (κ2) is 14.1. The molecule has 2 unspecified atom stereocenters. The van der Waals surface area contributed by atoms with Crippen LogP contribution in [0.4, 0.5) is 10.5 Å². The Morgan fingerprint density at radius 2 is 1.69 bits per heavy atom. The lowest BCUT2D eigenvalue weighted by Gasteiger charge is -2.18. The summed E-state index contributed by atoms with van der Waals surface area (Å²) in [6, 6.07) is 14.6. The van der Waals surface area contributed by atoms with Crippen molar-refractivity contribution in [2.75, 3.05) is 31.7 Å². The Hall–Kier alpha value is -3.36. The number of alkyl carbamates (subject to hydrolysis) is 1. The molecule has 1 amide bonds. The molecule has 10 nitrogen and oxygen atoms in total. The lowest BCUT2D eigenvalue weighted by atomic mass is 10.2. The molecule has 0 radical (unpaired) electrons. The van der Waals surface area contributed by atoms with Crippen molar-refractivity contribution < 1.29 is 38.1 Å². The summed E-state index contributed by atoms with van der Waals surface area (Å²) in [6.07, 6.45) is -1.26. The highest BCUT2D eigenvalue weighted by Crippen LogP contribution is 2.45. The molecule has 0 aromatic heterocycles. The van der Waals surface area contributed by atoms with Crippen LogP contribution in [0.25, 0.3) is 0 Å². The Bertz CT molecular complexity index is 1010. The minimum absolute atomic E-state index is 0.0153. The third kappa shape index (κ3) is 10.6. The van der Waals surface area contributed by atoms with Crippen molar-refractivity contribution in [2.45, 2.75) is 32.2 Å². The molecule has 0 saturated carbocycles. The number of carbonyl (C=O) groups excluding carboxylic acids is 3. The number of methoxy groups -OCH3 is 1. The zero-order valence-electron chi connectivity index (χ0n) is 19.8. The van der Waals surface area contributed by atoms with Crippen LogP contribution in [0, 0.1) is 0 Å². The van der Waals surface area contributed by atoms with E-state index in [4.69, 9.17) is 14.2 Å². The SMILES string of the molecule is CCOC(=O)CNc1ccc(CP(=O)(O)CCC(NC(=O)OCc2ccccc2)C(=O)OC)cc1. The molecule has 0 spiro atoms. The van der Waals surface area contributed by atoms with E-state index in [-0.39, 0.29) is 37.9 Å². The largest absolute Gasteiger partial charge is 0.467 e. The normalized spacial score (nSPS) is 13.1. The highest BCUT2D eigenvalue weighted by atomic mass is 31.2. The smallest absolute Gasteiger partial charge is 0.408 e. The maximum absolute atomic E-state index is 12.7. The van der Waals surface area contributed by atoms with Crippen LogP contribution in [0.15, 0.2) is 54.6 Å². The molecular formula is C24H31N2O8P. The lowest BCUT2D eigenvalue weighted by molar-refractivity contribution is -0.143. The number of carbonyl (C=O) groups is 3. The molecule has 3 N–H and O–H groups in total. The van der Waals surface area contributed by atoms with E-state index in [0.717, 1.165) is 5.56 Å². The van der Waals surface area contributed by atoms with Crippen LogP contribution < -0.4 is 10.6 Å². The van der Waals surface area contributed by atoms with Gasteiger partial charge < -0.3 is 29.7 Å². The fourth-order valence-electron chi connectivity index (χ4n) is 3.11. The zero-order valence-corrected chi connectivity index (χ0v) is 20.7. The molecule has 2 aromatic carbocycles. The molecule has 0 aliphatic rings. The number of nitrogens with one attached hydrogen (secondary N) is 2. The first-order valence-electron chi connectivity index (χ1n) is 11.1. The van der Waals surface area contributed by atoms with Gasteiger partial charge in [0, 0.05) is 18.0 Å². The van der Waals surface area contributed by atoms with Crippen LogP contribution in [0.3, 0.4) is 0 Å². The Morgan fingerprint density at radius 3 is 2.31 bits per heavy atom. The monoisotopic (exact) mass is 506 g/mol. The first-order chi connectivity index (χ1) is 16.7. The summed E-state index contributed by atoms with van der Waals surface area (Å²) in [5.41, 5.74) is 2.06. The molecule has 0 aliphatic carbocycles. The summed E-state index contributed by atoms with van der Waals surface area (Å²) in [5.74, 6) is -1.12. The van der Waals surface area contributed by atoms with Gasteiger partial charge in [-0.2, -0.15) is 0 Å². The topological polar surface area (TPSA) is 140 Å². The summed E-state index contributed by atoms with van der Waals surface area (Å²) in [7, 11) is -2.51. The Morgan fingerprint density at radius 1 is 1.00 bits per heavy atom. The van der Waals surface area contributed by atoms with E-state index in [1.165, 1.54) is 7.11 Å². The number of amides is 1. The Labute approximate surface area is 204 Å². The molecule has 2 rings (SSSR count). The first kappa shape index (κ1) is 27.9. The molecular weight excluding hydrogens is 475 g/mol. The molecule has 11 heteroatoms. The van der Waals surface area contributed by atoms with Crippen molar-refractivity contribution in [1.82, 2.24) is 5.32 Å². The predicted molar refractivity (Wildman–Crippen MR) is 130 cm³/mol. The molecule has 0 heterocycles. The number of hydrogen-bond donors (Lipinski definition) is 3. The quantitative estimate of drug-likeness (QED) is 0.212. The van der Waals surface area contributed by atoms with E-state index in [2.05, 4.69) is 10.6 Å². The molecule has 0 fully saturated rings. The third-order valence-corrected chi connectivity index (χ3v) is 6.70. The molecule has 0 bridgehead atoms. The second-order valence-electron chi connectivity index (χ2n) is 7.65. The van der Waals surface area contributed by atoms with Gasteiger partial charge in [-0.1, -0.05) is 42.5 Å². The zero-order chi connectivity index (χ0) is 25.7. The fraction of sp³-hybridized carbons (Fsp3) is 0.375. The number of ether oxygens (including phenoxy) is 3. The molecule has 2 aromatic rings. The van der Waals surface area contributed by atoms with Crippen LogP contribution in [-0.2, 0) is 41.1 Å². The van der Waals surface area contributed by atoms with Gasteiger partial charge in [-0.15, -0.1) is 0 Å². The lowest BCUT2D eigenvalue weighted by Crippen LogP contribution is -2.42. The summed E-state index contributed by atoms with van der Waals surface area (Å²) < 4.78 is 27.4. The van der Waals surface area contributed by atoms with E-state index in [9.17, 15) is 23.8 Å². The maximum Gasteiger partial charge on any atom is 0.408 e. The standard InChI is InChI=1S/C24H31N2O8P/c1-3-33-22(27)15-25-20-11-9-19(10-12-20)17-35(30,31)14-13-21(23(28)32-2)26-24(29)34-16-18-7-5-4-6-8-18/h4-12,21,25H,3,13-17H2,1-2H3,(H,26,29)(H,30,31). The highest BCUT2D eigenvalue weighted by Gasteiger charge is 2.27. The minimum atomic E-state index is -3.67. The van der Waals surface area contributed by atoms with Crippen LogP contribution in [0.2, 0.25) is 0 Å². The Kier molecular flexibility index (Phi) is 11.3. The molecule has 190 valence electrons. The van der Waals surface area contributed by atoms with Gasteiger partial charge in [-0.3, -0.25) is 9.36 Å². The second-order valence-corrected chi connectivity index (χ2v) is 10.1. The van der Waals surface area contributed by atoms with Crippen molar-refractivity contribution in [1.29, 1.82) is 0 Å². The van der Waals surface area contributed by atoms with Crippen molar-refractivity contribution in [2.24, 2.45) is 0 Å². The van der Waals surface area contributed by atoms with Gasteiger partial charge in [0.05, 0.1) is 13.7 Å². The molecule has 2 atom stereocenters. The van der Waals surface area contributed by atoms with Crippen molar-refractivity contribution in [3.05, 3.63) is 65.7 Å². The van der Waals surface area contributed by atoms with E-state index in [1.807, 2.05) is 6.07 Å². The van der Waals surface area contributed by atoms with Crippen molar-refractivity contribution in [3.63, 3.8) is 0 Å². The highest BCUT2D eigenvalue weighted by molar-refractivity contribution is 7.57. The predicted octanol–water partition coefficient (Wildman–Crippen LogP) is 3.29. The number of esters is 2. The van der Waals surface area contributed by atoms with Gasteiger partial charge in [0.25, 0.3) is 0 Å². The van der Waals surface area contributed by atoms with Crippen LogP contribution in [0.5, 0.6) is 0 Å². The molecule has 0 aliphatic heterocycles. The Balaban J connectivity index is 1.86. The van der Waals surface area contributed by atoms with Gasteiger partial charge in [0.2, 0.25) is 7.37 Å². The maximum atomic E-state index is 12.7. The van der Waals surface area contributed by atoms with E-state index in [1.54, 1.807) is 55.5 Å². The number of anilines is 1. The van der Waals surface area contributed by atoms with E-state index in [0.29, 0.717) is 17.9 Å². The van der Waals surface area contributed by atoms with E-state index < -0.39 is 25.5 Å². The molecule has 35 heavy (non-hydrogen) atoms. The summed E-state index contributed by atoms with van der Waals surface area (Å²) in [6.45, 7) is 2.05. The summed E-state index contributed by atoms with van der Waals surface area (Å²) >= 11 is 0. The van der Waals surface area contributed by atoms with Gasteiger partial charge in [0.1, 0.15) is 19.2 Å². The van der Waals surface area contributed by atoms with Crippen LogP contribution in [0.1, 0.15) is 24.5 Å². The van der Waals surface area contributed by atoms with Gasteiger partial charge in [-0.05, 0) is 36.6 Å². The number of hydrogen-bond acceptors (Lipinski definition) is 8. The average Bonchev–Trinajstić information content (AvgIpc) is 2.85. The summed E-state index contributed by atoms with van der Waals surface area (Å²) in [4.78, 5) is 46.1. The van der Waals surface area contributed by atoms with Crippen molar-refractivity contribution in [3.8, 4) is 0 Å². The van der Waals surface area contributed by atoms with Gasteiger partial charge >= 0.3 is 18.0 Å². The van der Waals surface area contributed by atoms with Crippen LogP contribution in [-0.4, -0.2) is 55.4 Å². The number of benzene rings is 2. The summed E-state index contributed by atoms with van der Waals surface area (Å²) in [5, 5.41) is 5.31. The van der Waals surface area contributed by atoms with Gasteiger partial charge in [-0.25, -0.2) is 9.59 Å². The number of rotatable bonds is 13. The molecule has 0 saturated heterocycles. The first-order valence-corrected chi connectivity index (χ1v) is 13.1. The van der Waals surface area contributed by atoms with Crippen LogP contribution >= 0.6 is 7.37 Å². The minimum Gasteiger partial charge on any atom is -0.467 e.